The number of hydrogen-bond donors (Lipinski definition) is 2. The van der Waals surface area contributed by atoms with Gasteiger partial charge in [0.2, 0.25) is 5.95 Å². The van der Waals surface area contributed by atoms with Crippen molar-refractivity contribution in [1.82, 2.24) is 9.97 Å². The van der Waals surface area contributed by atoms with Crippen LogP contribution in [0.25, 0.3) is 0 Å². The van der Waals surface area contributed by atoms with Gasteiger partial charge in [-0.3, -0.25) is 0 Å². The second kappa shape index (κ2) is 7.87. The lowest BCUT2D eigenvalue weighted by Crippen LogP contribution is -2.06. The largest absolute Gasteiger partial charge is 0.493 e. The van der Waals surface area contributed by atoms with Crippen LogP contribution in [0.2, 0.25) is 0 Å². The molecule has 0 aliphatic heterocycles. The molecule has 0 fully saturated rings. The third-order valence-electron chi connectivity index (χ3n) is 2.98. The summed E-state index contributed by atoms with van der Waals surface area (Å²) in [7, 11) is 3.23. The lowest BCUT2D eigenvalue weighted by Gasteiger charge is -2.10. The van der Waals surface area contributed by atoms with Crippen molar-refractivity contribution < 1.29 is 9.47 Å². The van der Waals surface area contributed by atoms with E-state index < -0.39 is 0 Å². The Bertz CT molecular complexity index is 631. The highest BCUT2D eigenvalue weighted by Crippen LogP contribution is 2.27. The third kappa shape index (κ3) is 4.12. The summed E-state index contributed by atoms with van der Waals surface area (Å²) in [6.45, 7) is 4.91. The Labute approximate surface area is 130 Å². The molecule has 0 amide bonds. The number of anilines is 2. The maximum absolute atomic E-state index is 5.29. The van der Waals surface area contributed by atoms with Crippen molar-refractivity contribution in [1.29, 1.82) is 0 Å². The molecule has 116 valence electrons. The minimum absolute atomic E-state index is 0.559. The fourth-order valence-electron chi connectivity index (χ4n) is 1.89. The van der Waals surface area contributed by atoms with E-state index in [0.29, 0.717) is 30.5 Å². The molecule has 2 aromatic rings. The first-order valence-corrected chi connectivity index (χ1v) is 6.89. The van der Waals surface area contributed by atoms with Crippen LogP contribution in [0.3, 0.4) is 0 Å². The molecule has 0 atom stereocenters. The van der Waals surface area contributed by atoms with Gasteiger partial charge in [-0.1, -0.05) is 12.1 Å². The number of hydrogen-bond acceptors (Lipinski definition) is 6. The van der Waals surface area contributed by atoms with Crippen molar-refractivity contribution in [2.24, 2.45) is 0 Å². The standard InChI is InChI=1S/C16H20N4O2/c1-4-8-17-15-7-9-18-16(20-15)19-11-12-5-6-13(21-2)14(10-12)22-3/h4-7,9-10H,1,8,11H2,2-3H3,(H2,17,18,19,20). The molecule has 0 bridgehead atoms. The summed E-state index contributed by atoms with van der Waals surface area (Å²) >= 11 is 0. The van der Waals surface area contributed by atoms with Gasteiger partial charge in [0.25, 0.3) is 0 Å². The topological polar surface area (TPSA) is 68.3 Å². The molecule has 6 nitrogen and oxygen atoms in total. The summed E-state index contributed by atoms with van der Waals surface area (Å²) in [6.07, 6.45) is 3.48. The molecule has 22 heavy (non-hydrogen) atoms. The van der Waals surface area contributed by atoms with Crippen molar-refractivity contribution in [3.8, 4) is 11.5 Å². The van der Waals surface area contributed by atoms with Gasteiger partial charge < -0.3 is 20.1 Å². The molecule has 0 spiro atoms. The first-order chi connectivity index (χ1) is 10.8. The number of rotatable bonds is 8. The van der Waals surface area contributed by atoms with Gasteiger partial charge in [0.05, 0.1) is 14.2 Å². The highest BCUT2D eigenvalue weighted by molar-refractivity contribution is 5.44. The fourth-order valence-corrected chi connectivity index (χ4v) is 1.89. The number of nitrogens with zero attached hydrogens (tertiary/aromatic N) is 2. The molecule has 0 saturated carbocycles. The Kier molecular flexibility index (Phi) is 5.59. The van der Waals surface area contributed by atoms with Crippen LogP contribution in [0.1, 0.15) is 5.56 Å². The average Bonchev–Trinajstić information content (AvgIpc) is 2.58. The second-order valence-electron chi connectivity index (χ2n) is 4.48. The van der Waals surface area contributed by atoms with Crippen LogP contribution in [-0.2, 0) is 6.54 Å². The molecule has 6 heteroatoms. The summed E-state index contributed by atoms with van der Waals surface area (Å²) in [5.74, 6) is 2.72. The highest BCUT2D eigenvalue weighted by Gasteiger charge is 2.05. The zero-order valence-electron chi connectivity index (χ0n) is 12.8. The maximum Gasteiger partial charge on any atom is 0.224 e. The molecular weight excluding hydrogens is 280 g/mol. The van der Waals surface area contributed by atoms with Crippen LogP contribution in [0.15, 0.2) is 43.1 Å². The van der Waals surface area contributed by atoms with Gasteiger partial charge >= 0.3 is 0 Å². The van der Waals surface area contributed by atoms with Gasteiger partial charge in [0.1, 0.15) is 5.82 Å². The third-order valence-corrected chi connectivity index (χ3v) is 2.98. The van der Waals surface area contributed by atoms with Gasteiger partial charge in [0, 0.05) is 19.3 Å². The number of ether oxygens (including phenoxy) is 2. The van der Waals surface area contributed by atoms with Crippen LogP contribution in [0, 0.1) is 0 Å². The van der Waals surface area contributed by atoms with E-state index in [-0.39, 0.29) is 0 Å². The van der Waals surface area contributed by atoms with Crippen molar-refractivity contribution in [3.63, 3.8) is 0 Å². The summed E-state index contributed by atoms with van der Waals surface area (Å²) in [6, 6.07) is 7.57. The predicted molar refractivity (Wildman–Crippen MR) is 87.6 cm³/mol. The van der Waals surface area contributed by atoms with E-state index in [4.69, 9.17) is 9.47 Å². The molecule has 1 heterocycles. The van der Waals surface area contributed by atoms with Crippen LogP contribution < -0.4 is 20.1 Å². The SMILES string of the molecule is C=CCNc1ccnc(NCc2ccc(OC)c(OC)c2)n1. The van der Waals surface area contributed by atoms with Gasteiger partial charge in [-0.15, -0.1) is 6.58 Å². The molecule has 0 aliphatic rings. The molecule has 1 aromatic carbocycles. The number of nitrogens with one attached hydrogen (secondary N) is 2. The van der Waals surface area contributed by atoms with Crippen molar-refractivity contribution in [2.45, 2.75) is 6.54 Å². The monoisotopic (exact) mass is 300 g/mol. The summed E-state index contributed by atoms with van der Waals surface area (Å²) in [5, 5.41) is 6.30. The molecular formula is C16H20N4O2. The molecule has 0 aliphatic carbocycles. The molecule has 2 rings (SSSR count). The van der Waals surface area contributed by atoms with Gasteiger partial charge in [-0.05, 0) is 23.8 Å². The Balaban J connectivity index is 2.02. The Morgan fingerprint density at radius 2 is 1.95 bits per heavy atom. The van der Waals surface area contributed by atoms with E-state index in [0.717, 1.165) is 11.4 Å². The lowest BCUT2D eigenvalue weighted by molar-refractivity contribution is 0.354. The van der Waals surface area contributed by atoms with Crippen molar-refractivity contribution in [2.75, 3.05) is 31.4 Å². The second-order valence-corrected chi connectivity index (χ2v) is 4.48. The Morgan fingerprint density at radius 3 is 2.68 bits per heavy atom. The van der Waals surface area contributed by atoms with Crippen LogP contribution in [0.5, 0.6) is 11.5 Å². The minimum Gasteiger partial charge on any atom is -0.493 e. The first kappa shape index (κ1) is 15.6. The first-order valence-electron chi connectivity index (χ1n) is 6.89. The van der Waals surface area contributed by atoms with E-state index in [1.807, 2.05) is 24.3 Å². The van der Waals surface area contributed by atoms with Gasteiger partial charge in [-0.2, -0.15) is 4.98 Å². The van der Waals surface area contributed by atoms with Gasteiger partial charge in [-0.25, -0.2) is 4.98 Å². The number of aromatic nitrogens is 2. The van der Waals surface area contributed by atoms with E-state index >= 15 is 0 Å². The van der Waals surface area contributed by atoms with E-state index in [1.54, 1.807) is 26.5 Å². The predicted octanol–water partition coefficient (Wildman–Crippen LogP) is 2.70. The number of methoxy groups -OCH3 is 2. The normalized spacial score (nSPS) is 9.91. The minimum atomic E-state index is 0.559. The van der Waals surface area contributed by atoms with Crippen LogP contribution in [-0.4, -0.2) is 30.7 Å². The highest BCUT2D eigenvalue weighted by atomic mass is 16.5. The summed E-state index contributed by atoms with van der Waals surface area (Å²) in [4.78, 5) is 8.56. The molecule has 2 N–H and O–H groups in total. The fraction of sp³-hybridized carbons (Fsp3) is 0.250. The molecule has 0 radical (unpaired) electrons. The lowest BCUT2D eigenvalue weighted by atomic mass is 10.2. The smallest absolute Gasteiger partial charge is 0.224 e. The summed E-state index contributed by atoms with van der Waals surface area (Å²) < 4.78 is 10.5. The van der Waals surface area contributed by atoms with E-state index in [2.05, 4.69) is 27.2 Å². The zero-order chi connectivity index (χ0) is 15.8. The van der Waals surface area contributed by atoms with Crippen molar-refractivity contribution in [3.05, 3.63) is 48.7 Å². The van der Waals surface area contributed by atoms with Crippen LogP contribution >= 0.6 is 0 Å². The Hall–Kier alpha value is -2.76. The van der Waals surface area contributed by atoms with Crippen LogP contribution in [0.4, 0.5) is 11.8 Å². The maximum atomic E-state index is 5.29. The molecule has 0 unspecified atom stereocenters. The Morgan fingerprint density at radius 1 is 1.14 bits per heavy atom. The number of benzene rings is 1. The van der Waals surface area contributed by atoms with Gasteiger partial charge in [0.15, 0.2) is 11.5 Å². The zero-order valence-corrected chi connectivity index (χ0v) is 12.8. The quantitative estimate of drug-likeness (QED) is 0.731. The van der Waals surface area contributed by atoms with Crippen molar-refractivity contribution >= 4 is 11.8 Å². The summed E-state index contributed by atoms with van der Waals surface area (Å²) in [5.41, 5.74) is 1.05. The average molecular weight is 300 g/mol. The van der Waals surface area contributed by atoms with E-state index in [9.17, 15) is 0 Å². The van der Waals surface area contributed by atoms with E-state index in [1.165, 1.54) is 0 Å². The molecule has 1 aromatic heterocycles. The molecule has 0 saturated heterocycles.